The van der Waals surface area contributed by atoms with Gasteiger partial charge in [-0.15, -0.1) is 68.0 Å². The van der Waals surface area contributed by atoms with Crippen molar-refractivity contribution >= 4 is 115 Å². The number of carbonyl (C=O) groups is 7. The van der Waals surface area contributed by atoms with Crippen LogP contribution in [-0.4, -0.2) is 103 Å². The number of aromatic nitrogens is 7. The molecule has 0 saturated carbocycles. The van der Waals surface area contributed by atoms with Crippen LogP contribution < -0.4 is 31.9 Å². The average Bonchev–Trinajstić information content (AvgIpc) is 4.07. The molecule has 8 heterocycles. The number of ether oxygens (including phenoxy) is 3. The molecule has 1 aliphatic rings. The first-order valence-electron chi connectivity index (χ1n) is 25.6. The van der Waals surface area contributed by atoms with Crippen molar-refractivity contribution in [3.8, 4) is 43.4 Å². The van der Waals surface area contributed by atoms with Gasteiger partial charge in [0.25, 0.3) is 17.7 Å². The second-order valence-electron chi connectivity index (χ2n) is 19.9. The van der Waals surface area contributed by atoms with Gasteiger partial charge in [-0.25, -0.2) is 39.7 Å². The number of fused-ring (bicyclic) bond motifs is 14. The predicted octanol–water partition coefficient (Wildman–Crippen LogP) is 9.23. The molecule has 7 aromatic heterocycles. The highest BCUT2D eigenvalue weighted by Crippen LogP contribution is 2.41. The van der Waals surface area contributed by atoms with Crippen LogP contribution in [0.2, 0.25) is 0 Å². The summed E-state index contributed by atoms with van der Waals surface area (Å²) in [7, 11) is 2.94. The Morgan fingerprint density at radius 3 is 2.12 bits per heavy atom. The van der Waals surface area contributed by atoms with E-state index in [1.807, 2.05) is 13.8 Å². The zero-order chi connectivity index (χ0) is 59.3. The lowest BCUT2D eigenvalue weighted by molar-refractivity contribution is -0.149. The summed E-state index contributed by atoms with van der Waals surface area (Å²) in [6, 6.07) is 9.59. The Labute approximate surface area is 499 Å². The first-order chi connectivity index (χ1) is 39.6. The Balaban J connectivity index is 1.15. The number of thiazole rings is 6. The van der Waals surface area contributed by atoms with Crippen molar-refractivity contribution in [2.24, 2.45) is 5.92 Å². The summed E-state index contributed by atoms with van der Waals surface area (Å²) in [4.78, 5) is 130. The van der Waals surface area contributed by atoms with E-state index >= 15 is 0 Å². The van der Waals surface area contributed by atoms with Crippen LogP contribution in [0.4, 0.5) is 10.6 Å². The Morgan fingerprint density at radius 2 is 1.40 bits per heavy atom. The van der Waals surface area contributed by atoms with Crippen LogP contribution in [0.25, 0.3) is 43.4 Å². The van der Waals surface area contributed by atoms with Gasteiger partial charge in [-0.3, -0.25) is 34.1 Å². The lowest BCUT2D eigenvalue weighted by atomic mass is 10.0. The van der Waals surface area contributed by atoms with E-state index in [4.69, 9.17) is 44.1 Å². The number of pyridine rings is 1. The average molecular weight is 1240 g/mol. The molecule has 0 aliphatic carbocycles. The Bertz CT molecular complexity index is 3730. The fourth-order valence-electron chi connectivity index (χ4n) is 8.35. The number of nitrogens with zero attached hydrogens (tertiary/aromatic N) is 7. The maximum absolute atomic E-state index is 14.3. The molecule has 10 bridgehead atoms. The van der Waals surface area contributed by atoms with Gasteiger partial charge < -0.3 is 40.8 Å². The SMILES string of the molecule is CNC(=O)C[C@@H]1NC(=O)c2csc(n2)-c2ccc(-c3nc(NC(=O)OC(C)(C)C)cs3)nc2-c2csc(n2)-c2csc(n2)[C@H]([C@@H](OC(C)=O)c2ccccc2)NC(=O)CNC(=O)c2nc(sc2COC)C(C(C)C)NC(=O)c2nc1sc2C. The van der Waals surface area contributed by atoms with E-state index < -0.39 is 78.0 Å². The number of aryl methyl sites for hydroxylation is 1. The van der Waals surface area contributed by atoms with Crippen LogP contribution in [0.1, 0.15) is 134 Å². The highest BCUT2D eigenvalue weighted by molar-refractivity contribution is 7.15. The van der Waals surface area contributed by atoms with Gasteiger partial charge in [0, 0.05) is 53.0 Å². The highest BCUT2D eigenvalue weighted by atomic mass is 32.1. The van der Waals surface area contributed by atoms with Crippen molar-refractivity contribution < 1.29 is 47.8 Å². The highest BCUT2D eigenvalue weighted by Gasteiger charge is 2.35. The van der Waals surface area contributed by atoms with E-state index in [2.05, 4.69) is 36.9 Å². The molecule has 1 aromatic carbocycles. The molecule has 0 spiro atoms. The Kier molecular flexibility index (Phi) is 18.6. The van der Waals surface area contributed by atoms with Crippen molar-refractivity contribution in [1.82, 2.24) is 61.5 Å². The van der Waals surface area contributed by atoms with Crippen molar-refractivity contribution in [2.45, 2.75) is 91.3 Å². The molecule has 432 valence electrons. The number of esters is 1. The summed E-state index contributed by atoms with van der Waals surface area (Å²) in [5.74, 6) is -3.54. The van der Waals surface area contributed by atoms with E-state index in [1.165, 1.54) is 66.4 Å². The summed E-state index contributed by atoms with van der Waals surface area (Å²) in [5, 5.41) is 26.0. The summed E-state index contributed by atoms with van der Waals surface area (Å²) >= 11 is 7.17. The molecule has 4 atom stereocenters. The fourth-order valence-corrected chi connectivity index (χ4v) is 13.8. The molecule has 0 saturated heterocycles. The van der Waals surface area contributed by atoms with E-state index in [9.17, 15) is 33.6 Å². The van der Waals surface area contributed by atoms with Gasteiger partial charge in [0.05, 0.1) is 42.2 Å². The number of anilines is 1. The number of hydrogen-bond acceptors (Lipinski definition) is 23. The molecule has 9 rings (SSSR count). The Morgan fingerprint density at radius 1 is 0.699 bits per heavy atom. The second kappa shape index (κ2) is 25.8. The molecular formula is C54H55N13O10S6. The molecule has 6 amide bonds. The fraction of sp³-hybridized carbons (Fsp3) is 0.333. The number of benzene rings is 1. The predicted molar refractivity (Wildman–Crippen MR) is 316 cm³/mol. The lowest BCUT2D eigenvalue weighted by Crippen LogP contribution is -2.41. The minimum atomic E-state index is -1.08. The standard InChI is InChI=1S/C54H55N13O10S6/c1-24(2)38-52-67-41(34(83-52)19-75-9)45(72)56-18-37(70)64-42(43(76-26(4)68)27-13-11-10-12-14-27)51-61-33(22-80-51)49-59-31(20-79-49)40-28(15-16-29(57-40)48-62-35(23-81-48)63-53(74)77-54(5,6)7)47-60-32(21-78-47)44(71)58-30(17-36(69)55-8)50-66-39(25(3)82-50)46(73)65-38/h10-16,20-24,30,38,42-43H,17-19H2,1-9H3,(H,55,69)(H,56,72)(H,58,71)(H,63,74)(H,64,70)(H,65,73)/t30-,38?,42-,43-/m0/s1. The number of methoxy groups -OCH3 is 1. The number of carbonyl (C=O) groups excluding carboxylic acids is 7. The molecule has 29 heteroatoms. The molecular weight excluding hydrogens is 1180 g/mol. The summed E-state index contributed by atoms with van der Waals surface area (Å²) in [6.07, 6.45) is -1.97. The minimum absolute atomic E-state index is 0.00906. The van der Waals surface area contributed by atoms with Gasteiger partial charge in [-0.05, 0) is 51.3 Å². The third-order valence-corrected chi connectivity index (χ3v) is 17.9. The minimum Gasteiger partial charge on any atom is -0.455 e. The van der Waals surface area contributed by atoms with Gasteiger partial charge in [-0.1, -0.05) is 44.2 Å². The van der Waals surface area contributed by atoms with Crippen LogP contribution >= 0.6 is 68.0 Å². The van der Waals surface area contributed by atoms with Crippen molar-refractivity contribution in [1.29, 1.82) is 0 Å². The second-order valence-corrected chi connectivity index (χ2v) is 25.7. The molecule has 0 radical (unpaired) electrons. The first-order valence-corrected chi connectivity index (χ1v) is 30.7. The number of amides is 6. The molecule has 6 N–H and O–H groups in total. The largest absolute Gasteiger partial charge is 0.455 e. The normalized spacial score (nSPS) is 16.4. The summed E-state index contributed by atoms with van der Waals surface area (Å²) < 4.78 is 16.8. The van der Waals surface area contributed by atoms with Crippen molar-refractivity contribution in [3.63, 3.8) is 0 Å². The number of hydrogen-bond donors (Lipinski definition) is 6. The third-order valence-electron chi connectivity index (χ3n) is 12.1. The van der Waals surface area contributed by atoms with Gasteiger partial charge in [0.15, 0.2) is 6.10 Å². The van der Waals surface area contributed by atoms with Crippen LogP contribution in [-0.2, 0) is 35.2 Å². The van der Waals surface area contributed by atoms with Gasteiger partial charge in [0.1, 0.15) is 81.7 Å². The topological polar surface area (TPSA) is 310 Å². The smallest absolute Gasteiger partial charge is 0.413 e. The Hall–Kier alpha value is -7.80. The van der Waals surface area contributed by atoms with Crippen molar-refractivity contribution in [2.75, 3.05) is 26.0 Å². The molecule has 0 fully saturated rings. The van der Waals surface area contributed by atoms with Crippen LogP contribution in [0.5, 0.6) is 0 Å². The maximum atomic E-state index is 14.3. The van der Waals surface area contributed by atoms with E-state index in [1.54, 1.807) is 91.7 Å². The molecule has 1 aliphatic heterocycles. The molecule has 23 nitrogen and oxygen atoms in total. The zero-order valence-corrected chi connectivity index (χ0v) is 50.9. The van der Waals surface area contributed by atoms with Gasteiger partial charge in [0.2, 0.25) is 11.8 Å². The summed E-state index contributed by atoms with van der Waals surface area (Å²) in [6.45, 7) is 11.4. The quantitative estimate of drug-likeness (QED) is 0.0695. The first kappa shape index (κ1) is 59.8. The van der Waals surface area contributed by atoms with E-state index in [0.29, 0.717) is 73.7 Å². The number of rotatable bonds is 10. The maximum Gasteiger partial charge on any atom is 0.413 e. The van der Waals surface area contributed by atoms with Crippen LogP contribution in [0.15, 0.2) is 64.0 Å². The lowest BCUT2D eigenvalue weighted by Gasteiger charge is -2.26. The van der Waals surface area contributed by atoms with Gasteiger partial charge >= 0.3 is 12.1 Å². The van der Waals surface area contributed by atoms with Crippen molar-refractivity contribution in [3.05, 3.63) is 111 Å². The molecule has 8 aromatic rings. The monoisotopic (exact) mass is 1240 g/mol. The van der Waals surface area contributed by atoms with Crippen LogP contribution in [0.3, 0.4) is 0 Å². The zero-order valence-electron chi connectivity index (χ0n) is 46.0. The molecule has 1 unspecified atom stereocenters. The van der Waals surface area contributed by atoms with E-state index in [0.717, 1.165) is 22.7 Å². The van der Waals surface area contributed by atoms with Gasteiger partial charge in [-0.2, -0.15) is 0 Å². The summed E-state index contributed by atoms with van der Waals surface area (Å²) in [5.41, 5.74) is 1.99. The molecule has 83 heavy (non-hydrogen) atoms. The van der Waals surface area contributed by atoms with E-state index in [-0.39, 0.29) is 41.8 Å². The number of nitrogens with one attached hydrogen (secondary N) is 6. The van der Waals surface area contributed by atoms with Crippen LogP contribution in [0, 0.1) is 12.8 Å². The third kappa shape index (κ3) is 14.3.